The summed E-state index contributed by atoms with van der Waals surface area (Å²) in [5, 5.41) is 0. The number of hydrogen-bond donors (Lipinski definition) is 0. The minimum Gasteiger partial charge on any atom is -0.236 e. The van der Waals surface area contributed by atoms with Crippen molar-refractivity contribution in [1.29, 1.82) is 0 Å². The van der Waals surface area contributed by atoms with E-state index in [1.165, 1.54) is 99.7 Å². The molecule has 0 aliphatic rings. The van der Waals surface area contributed by atoms with Crippen molar-refractivity contribution in [2.24, 2.45) is 0 Å². The summed E-state index contributed by atoms with van der Waals surface area (Å²) in [6, 6.07) is 8.74. The molecule has 0 fully saturated rings. The highest BCUT2D eigenvalue weighted by molar-refractivity contribution is 7.99. The fraction of sp³-hybridized carbons (Fsp3) is 0.630. The van der Waals surface area contributed by atoms with E-state index in [1.807, 2.05) is 24.2 Å². The molecule has 2 aromatic rings. The number of thioether (sulfide) groups is 1. The number of benzene rings is 1. The highest BCUT2D eigenvalue weighted by Gasteiger charge is 2.03. The Balaban J connectivity index is 1.65. The second-order valence-electron chi connectivity index (χ2n) is 8.43. The second kappa shape index (κ2) is 16.4. The van der Waals surface area contributed by atoms with Gasteiger partial charge in [0.2, 0.25) is 0 Å². The van der Waals surface area contributed by atoms with Gasteiger partial charge in [0.1, 0.15) is 0 Å². The molecule has 0 saturated heterocycles. The van der Waals surface area contributed by atoms with Crippen LogP contribution in [0.1, 0.15) is 103 Å². The molecule has 0 aliphatic carbocycles. The van der Waals surface area contributed by atoms with E-state index in [4.69, 9.17) is 0 Å². The Kier molecular flexibility index (Phi) is 13.6. The van der Waals surface area contributed by atoms with Crippen LogP contribution in [0.15, 0.2) is 41.6 Å². The van der Waals surface area contributed by atoms with Crippen LogP contribution in [0.4, 0.5) is 0 Å². The van der Waals surface area contributed by atoms with Gasteiger partial charge in [-0.15, -0.1) is 11.8 Å². The van der Waals surface area contributed by atoms with Crippen LogP contribution in [0.25, 0.3) is 11.4 Å². The van der Waals surface area contributed by atoms with E-state index in [-0.39, 0.29) is 0 Å². The molecule has 2 nitrogen and oxygen atoms in total. The first-order chi connectivity index (χ1) is 14.8. The molecular formula is C27H42N2S. The molecule has 1 aromatic heterocycles. The van der Waals surface area contributed by atoms with Crippen molar-refractivity contribution in [3.8, 4) is 11.4 Å². The van der Waals surface area contributed by atoms with Crippen LogP contribution in [0.3, 0.4) is 0 Å². The third-order valence-corrected chi connectivity index (χ3v) is 6.75. The van der Waals surface area contributed by atoms with E-state index >= 15 is 0 Å². The molecule has 0 atom stereocenters. The van der Waals surface area contributed by atoms with Crippen LogP contribution < -0.4 is 0 Å². The number of unbranched alkanes of at least 4 members (excludes halogenated alkanes) is 11. The number of hydrogen-bond acceptors (Lipinski definition) is 3. The standard InChI is InChI=1S/C27H42N2S/c1-3-5-7-9-10-11-12-14-16-24-22-28-27(29-23-24)25-17-19-26(20-18-25)30-21-15-13-8-6-4-2/h17-20,22-23H,3-16,21H2,1-2H3. The zero-order valence-corrected chi connectivity index (χ0v) is 20.2. The van der Waals surface area contributed by atoms with E-state index in [0.717, 1.165) is 17.8 Å². The molecule has 1 aromatic carbocycles. The molecule has 0 spiro atoms. The predicted molar refractivity (Wildman–Crippen MR) is 133 cm³/mol. The monoisotopic (exact) mass is 426 g/mol. The van der Waals surface area contributed by atoms with Crippen molar-refractivity contribution in [2.75, 3.05) is 5.75 Å². The summed E-state index contributed by atoms with van der Waals surface area (Å²) in [6.07, 6.45) is 22.7. The predicted octanol–water partition coefficient (Wildman–Crippen LogP) is 8.89. The highest BCUT2D eigenvalue weighted by Crippen LogP contribution is 2.23. The number of nitrogens with zero attached hydrogens (tertiary/aromatic N) is 2. The second-order valence-corrected chi connectivity index (χ2v) is 9.60. The zero-order valence-electron chi connectivity index (χ0n) is 19.4. The Morgan fingerprint density at radius 2 is 1.17 bits per heavy atom. The molecule has 166 valence electrons. The average molecular weight is 427 g/mol. The van der Waals surface area contributed by atoms with Crippen LogP contribution in [0.5, 0.6) is 0 Å². The van der Waals surface area contributed by atoms with E-state index in [1.54, 1.807) is 0 Å². The topological polar surface area (TPSA) is 25.8 Å². The summed E-state index contributed by atoms with van der Waals surface area (Å²) < 4.78 is 0. The molecule has 0 amide bonds. The van der Waals surface area contributed by atoms with Gasteiger partial charge in [-0.25, -0.2) is 9.97 Å². The fourth-order valence-corrected chi connectivity index (χ4v) is 4.60. The molecule has 0 unspecified atom stereocenters. The molecule has 2 rings (SSSR count). The quantitative estimate of drug-likeness (QED) is 0.186. The Labute approximate surface area is 189 Å². The van der Waals surface area contributed by atoms with Crippen molar-refractivity contribution in [3.63, 3.8) is 0 Å². The maximum absolute atomic E-state index is 4.61. The molecule has 0 saturated carbocycles. The molecule has 0 bridgehead atoms. The van der Waals surface area contributed by atoms with Gasteiger partial charge in [0.05, 0.1) is 0 Å². The summed E-state index contributed by atoms with van der Waals surface area (Å²) in [7, 11) is 0. The van der Waals surface area contributed by atoms with Gasteiger partial charge in [-0.1, -0.05) is 96.6 Å². The normalized spacial score (nSPS) is 11.1. The van der Waals surface area contributed by atoms with Crippen LogP contribution >= 0.6 is 11.8 Å². The molecule has 0 radical (unpaired) electrons. The van der Waals surface area contributed by atoms with Crippen molar-refractivity contribution >= 4 is 11.8 Å². The Morgan fingerprint density at radius 1 is 0.633 bits per heavy atom. The van der Waals surface area contributed by atoms with Crippen molar-refractivity contribution in [1.82, 2.24) is 9.97 Å². The lowest BCUT2D eigenvalue weighted by atomic mass is 10.1. The average Bonchev–Trinajstić information content (AvgIpc) is 2.79. The Hall–Kier alpha value is -1.35. The third kappa shape index (κ3) is 10.6. The van der Waals surface area contributed by atoms with Crippen LogP contribution in [0, 0.1) is 0 Å². The lowest BCUT2D eigenvalue weighted by Crippen LogP contribution is -1.93. The lowest BCUT2D eigenvalue weighted by Gasteiger charge is -2.05. The highest BCUT2D eigenvalue weighted by atomic mass is 32.2. The maximum Gasteiger partial charge on any atom is 0.159 e. The molecule has 1 heterocycles. The summed E-state index contributed by atoms with van der Waals surface area (Å²) in [5.74, 6) is 2.05. The third-order valence-electron chi connectivity index (χ3n) is 5.65. The largest absolute Gasteiger partial charge is 0.236 e. The Bertz CT molecular complexity index is 652. The van der Waals surface area contributed by atoms with Crippen molar-refractivity contribution < 1.29 is 0 Å². The van der Waals surface area contributed by atoms with Crippen LogP contribution in [-0.4, -0.2) is 15.7 Å². The minimum absolute atomic E-state index is 0.839. The summed E-state index contributed by atoms with van der Waals surface area (Å²) in [4.78, 5) is 10.6. The van der Waals surface area contributed by atoms with Crippen molar-refractivity contribution in [3.05, 3.63) is 42.2 Å². The molecule has 0 N–H and O–H groups in total. The van der Waals surface area contributed by atoms with Gasteiger partial charge in [0.25, 0.3) is 0 Å². The summed E-state index contributed by atoms with van der Waals surface area (Å²) in [5.41, 5.74) is 2.38. The van der Waals surface area contributed by atoms with Gasteiger partial charge >= 0.3 is 0 Å². The first kappa shape index (κ1) is 24.9. The molecule has 3 heteroatoms. The van der Waals surface area contributed by atoms with Gasteiger partial charge in [-0.3, -0.25) is 0 Å². The summed E-state index contributed by atoms with van der Waals surface area (Å²) in [6.45, 7) is 4.55. The zero-order chi connectivity index (χ0) is 21.3. The van der Waals surface area contributed by atoms with E-state index < -0.39 is 0 Å². The van der Waals surface area contributed by atoms with Gasteiger partial charge in [-0.05, 0) is 42.7 Å². The van der Waals surface area contributed by atoms with Crippen LogP contribution in [-0.2, 0) is 6.42 Å². The maximum atomic E-state index is 4.61. The van der Waals surface area contributed by atoms with E-state index in [2.05, 4.69) is 48.1 Å². The molecular weight excluding hydrogens is 384 g/mol. The lowest BCUT2D eigenvalue weighted by molar-refractivity contribution is 0.575. The first-order valence-electron chi connectivity index (χ1n) is 12.4. The SMILES string of the molecule is CCCCCCCCCCc1cnc(-c2ccc(SCCCCCCC)cc2)nc1. The van der Waals surface area contributed by atoms with Gasteiger partial charge in [0, 0.05) is 22.9 Å². The van der Waals surface area contributed by atoms with E-state index in [0.29, 0.717) is 0 Å². The molecule has 0 aliphatic heterocycles. The number of aryl methyl sites for hydroxylation is 1. The fourth-order valence-electron chi connectivity index (χ4n) is 3.69. The Morgan fingerprint density at radius 3 is 1.77 bits per heavy atom. The molecule has 30 heavy (non-hydrogen) atoms. The minimum atomic E-state index is 0.839. The van der Waals surface area contributed by atoms with Crippen molar-refractivity contribution in [2.45, 2.75) is 109 Å². The summed E-state index contributed by atoms with van der Waals surface area (Å²) >= 11 is 1.96. The smallest absolute Gasteiger partial charge is 0.159 e. The van der Waals surface area contributed by atoms with Gasteiger partial charge in [0.15, 0.2) is 5.82 Å². The number of aromatic nitrogens is 2. The first-order valence-corrected chi connectivity index (χ1v) is 13.4. The van der Waals surface area contributed by atoms with Gasteiger partial charge < -0.3 is 0 Å². The van der Waals surface area contributed by atoms with Crippen LogP contribution in [0.2, 0.25) is 0 Å². The van der Waals surface area contributed by atoms with Gasteiger partial charge in [-0.2, -0.15) is 0 Å². The van der Waals surface area contributed by atoms with E-state index in [9.17, 15) is 0 Å². The number of rotatable bonds is 17.